The molecule has 0 bridgehead atoms. The van der Waals surface area contributed by atoms with E-state index in [1.165, 1.54) is 54.2 Å². The first-order chi connectivity index (χ1) is 18.8. The van der Waals surface area contributed by atoms with E-state index in [1.807, 2.05) is 24.3 Å². The van der Waals surface area contributed by atoms with Crippen LogP contribution in [0.25, 0.3) is 43.1 Å². The van der Waals surface area contributed by atoms with Gasteiger partial charge in [-0.05, 0) is 79.5 Å². The van der Waals surface area contributed by atoms with Crippen molar-refractivity contribution in [2.45, 2.75) is 13.2 Å². The topological polar surface area (TPSA) is 18.5 Å². The van der Waals surface area contributed by atoms with E-state index < -0.39 is 0 Å². The van der Waals surface area contributed by atoms with E-state index in [2.05, 4.69) is 109 Å². The second-order valence-electron chi connectivity index (χ2n) is 9.64. The summed E-state index contributed by atoms with van der Waals surface area (Å²) in [4.78, 5) is 0. The van der Waals surface area contributed by atoms with E-state index in [-0.39, 0.29) is 12.4 Å². The van der Waals surface area contributed by atoms with Gasteiger partial charge in [0, 0.05) is 11.1 Å². The number of fused-ring (bicyclic) bond motifs is 4. The van der Waals surface area contributed by atoms with Crippen molar-refractivity contribution in [3.05, 3.63) is 145 Å². The summed E-state index contributed by atoms with van der Waals surface area (Å²) in [5.74, 6) is 1.65. The molecule has 0 spiro atoms. The fourth-order valence-electron chi connectivity index (χ4n) is 5.47. The Hall–Kier alpha value is -4.53. The zero-order chi connectivity index (χ0) is 25.3. The minimum Gasteiger partial charge on any atom is -0.489 e. The van der Waals surface area contributed by atoms with Crippen LogP contribution in [-0.4, -0.2) is 0 Å². The van der Waals surface area contributed by atoms with Crippen LogP contribution in [0.2, 0.25) is 0 Å². The number of hydrogen-bond acceptors (Lipinski definition) is 2. The molecule has 0 radical (unpaired) electrons. The first kappa shape index (κ1) is 24.8. The average Bonchev–Trinajstić information content (AvgIpc) is 2.98. The summed E-state index contributed by atoms with van der Waals surface area (Å²) in [5, 5.41) is 9.84. The maximum absolute atomic E-state index is 6.29. The predicted molar refractivity (Wildman–Crippen MR) is 165 cm³/mol. The normalized spacial score (nSPS) is 11.1. The van der Waals surface area contributed by atoms with Gasteiger partial charge in [-0.1, -0.05) is 97.1 Å². The molecular formula is C36H27ClO2. The van der Waals surface area contributed by atoms with Gasteiger partial charge in [-0.3, -0.25) is 0 Å². The number of rotatable bonds is 6. The molecule has 0 fully saturated rings. The van der Waals surface area contributed by atoms with Crippen LogP contribution in [0.1, 0.15) is 11.1 Å². The molecule has 0 aromatic heterocycles. The monoisotopic (exact) mass is 526 g/mol. The third-order valence-electron chi connectivity index (χ3n) is 7.36. The fourth-order valence-corrected chi connectivity index (χ4v) is 5.47. The summed E-state index contributed by atoms with van der Waals surface area (Å²) in [7, 11) is 0. The van der Waals surface area contributed by atoms with E-state index in [4.69, 9.17) is 9.47 Å². The van der Waals surface area contributed by atoms with E-state index in [9.17, 15) is 0 Å². The summed E-state index contributed by atoms with van der Waals surface area (Å²) >= 11 is 0. The lowest BCUT2D eigenvalue weighted by molar-refractivity contribution is 0.300. The Morgan fingerprint density at radius 3 is 0.949 bits per heavy atom. The highest BCUT2D eigenvalue weighted by molar-refractivity contribution is 6.03. The molecule has 0 amide bonds. The van der Waals surface area contributed by atoms with Crippen molar-refractivity contribution >= 4 is 55.5 Å². The Labute approximate surface area is 233 Å². The number of benzene rings is 7. The highest BCUT2D eigenvalue weighted by Crippen LogP contribution is 2.31. The second-order valence-corrected chi connectivity index (χ2v) is 9.64. The van der Waals surface area contributed by atoms with Gasteiger partial charge in [0.2, 0.25) is 0 Å². The molecule has 0 aliphatic carbocycles. The van der Waals surface area contributed by atoms with Gasteiger partial charge >= 0.3 is 0 Å². The van der Waals surface area contributed by atoms with E-state index in [0.29, 0.717) is 13.2 Å². The van der Waals surface area contributed by atoms with Gasteiger partial charge in [-0.25, -0.2) is 0 Å². The molecule has 190 valence electrons. The van der Waals surface area contributed by atoms with Crippen molar-refractivity contribution in [2.75, 3.05) is 0 Å². The lowest BCUT2D eigenvalue weighted by Crippen LogP contribution is -1.99. The highest BCUT2D eigenvalue weighted by atomic mass is 35.5. The maximum Gasteiger partial charge on any atom is 0.120 e. The van der Waals surface area contributed by atoms with Crippen molar-refractivity contribution in [1.82, 2.24) is 0 Å². The fraction of sp³-hybridized carbons (Fsp3) is 0.0556. The van der Waals surface area contributed by atoms with Crippen LogP contribution in [0.15, 0.2) is 133 Å². The minimum absolute atomic E-state index is 0. The largest absolute Gasteiger partial charge is 0.489 e. The third kappa shape index (κ3) is 4.76. The zero-order valence-corrected chi connectivity index (χ0v) is 22.2. The molecule has 7 aromatic rings. The zero-order valence-electron chi connectivity index (χ0n) is 21.3. The molecule has 0 aliphatic rings. The number of hydrogen-bond donors (Lipinski definition) is 0. The third-order valence-corrected chi connectivity index (χ3v) is 7.36. The summed E-state index contributed by atoms with van der Waals surface area (Å²) in [6.07, 6.45) is 0. The van der Waals surface area contributed by atoms with Gasteiger partial charge in [0.05, 0.1) is 0 Å². The molecule has 0 saturated carbocycles. The first-order valence-electron chi connectivity index (χ1n) is 13.0. The Morgan fingerprint density at radius 2 is 0.641 bits per heavy atom. The van der Waals surface area contributed by atoms with Crippen molar-refractivity contribution in [3.8, 4) is 11.5 Å². The SMILES string of the molecule is Cl.c1ccc2c(COc3ccc(OCc4c5ccccc5cc5ccccc45)cc3)c3ccccc3cc2c1. The Bertz CT molecular complexity index is 1680. The van der Waals surface area contributed by atoms with Gasteiger partial charge in [-0.15, -0.1) is 12.4 Å². The quantitative estimate of drug-likeness (QED) is 0.201. The van der Waals surface area contributed by atoms with Crippen molar-refractivity contribution in [2.24, 2.45) is 0 Å². The molecule has 39 heavy (non-hydrogen) atoms. The molecule has 7 rings (SSSR count). The molecule has 0 atom stereocenters. The minimum atomic E-state index is 0. The van der Waals surface area contributed by atoms with Crippen molar-refractivity contribution in [3.63, 3.8) is 0 Å². The summed E-state index contributed by atoms with van der Waals surface area (Å²) in [6, 6.07) is 46.5. The smallest absolute Gasteiger partial charge is 0.120 e. The van der Waals surface area contributed by atoms with Crippen LogP contribution in [0.3, 0.4) is 0 Å². The van der Waals surface area contributed by atoms with Gasteiger partial charge in [0.1, 0.15) is 24.7 Å². The maximum atomic E-state index is 6.29. The second kappa shape index (κ2) is 10.7. The molecule has 0 heterocycles. The van der Waals surface area contributed by atoms with Crippen molar-refractivity contribution in [1.29, 1.82) is 0 Å². The van der Waals surface area contributed by atoms with Crippen LogP contribution >= 0.6 is 12.4 Å². The average molecular weight is 527 g/mol. The summed E-state index contributed by atoms with van der Waals surface area (Å²) in [5.41, 5.74) is 2.42. The first-order valence-corrected chi connectivity index (χ1v) is 13.0. The predicted octanol–water partition coefficient (Wildman–Crippen LogP) is 9.88. The summed E-state index contributed by atoms with van der Waals surface area (Å²) < 4.78 is 12.6. The Kier molecular flexibility index (Phi) is 6.79. The van der Waals surface area contributed by atoms with Gasteiger partial charge in [0.15, 0.2) is 0 Å². The van der Waals surface area contributed by atoms with E-state index in [0.717, 1.165) is 11.5 Å². The molecule has 0 saturated heterocycles. The molecule has 7 aromatic carbocycles. The van der Waals surface area contributed by atoms with Gasteiger partial charge < -0.3 is 9.47 Å². The molecule has 0 aliphatic heterocycles. The highest BCUT2D eigenvalue weighted by Gasteiger charge is 2.10. The Balaban J connectivity index is 0.00000277. The lowest BCUT2D eigenvalue weighted by atomic mass is 9.97. The van der Waals surface area contributed by atoms with Crippen LogP contribution in [0.4, 0.5) is 0 Å². The van der Waals surface area contributed by atoms with Crippen LogP contribution in [-0.2, 0) is 13.2 Å². The lowest BCUT2D eigenvalue weighted by Gasteiger charge is -2.14. The van der Waals surface area contributed by atoms with E-state index >= 15 is 0 Å². The molecular weight excluding hydrogens is 500 g/mol. The van der Waals surface area contributed by atoms with Crippen LogP contribution in [0, 0.1) is 0 Å². The molecule has 0 N–H and O–H groups in total. The van der Waals surface area contributed by atoms with Crippen LogP contribution < -0.4 is 9.47 Å². The molecule has 3 heteroatoms. The Morgan fingerprint density at radius 1 is 0.359 bits per heavy atom. The number of halogens is 1. The van der Waals surface area contributed by atoms with Crippen LogP contribution in [0.5, 0.6) is 11.5 Å². The molecule has 0 unspecified atom stereocenters. The van der Waals surface area contributed by atoms with Gasteiger partial charge in [-0.2, -0.15) is 0 Å². The standard InChI is InChI=1S/C36H26O2.ClH/c1-5-13-31-25(9-1)21-26-10-2-6-14-32(26)35(31)23-37-29-17-19-30(20-18-29)38-24-36-33-15-7-3-11-27(33)22-28-12-4-8-16-34(28)36;/h1-22H,23-24H2;1H. The van der Waals surface area contributed by atoms with E-state index in [1.54, 1.807) is 0 Å². The molecule has 2 nitrogen and oxygen atoms in total. The number of ether oxygens (including phenoxy) is 2. The summed E-state index contributed by atoms with van der Waals surface area (Å²) in [6.45, 7) is 1.01. The van der Waals surface area contributed by atoms with Crippen molar-refractivity contribution < 1.29 is 9.47 Å². The van der Waals surface area contributed by atoms with Gasteiger partial charge in [0.25, 0.3) is 0 Å².